The number of aromatic carboxylic acids is 1. The van der Waals surface area contributed by atoms with Crippen LogP contribution in [0.15, 0.2) is 77.1 Å². The molecule has 0 saturated carbocycles. The maximum Gasteiger partial charge on any atom is 0.338 e. The zero-order chi connectivity index (χ0) is 24.1. The minimum atomic E-state index is -1.26. The minimum Gasteiger partial charge on any atom is -0.497 e. The van der Waals surface area contributed by atoms with Crippen molar-refractivity contribution >= 4 is 45.7 Å². The molecule has 1 aromatic heterocycles. The highest BCUT2D eigenvalue weighted by molar-refractivity contribution is 7.13. The molecular formula is C24H18N4O5S. The van der Waals surface area contributed by atoms with Gasteiger partial charge in [-0.05, 0) is 48.0 Å². The van der Waals surface area contributed by atoms with Crippen molar-refractivity contribution in [2.75, 3.05) is 12.4 Å². The Labute approximate surface area is 198 Å². The fraction of sp³-hybridized carbons (Fsp3) is 0.0417. The number of nitrogens with zero attached hydrogens (tertiary/aromatic N) is 3. The molecule has 3 aromatic carbocycles. The summed E-state index contributed by atoms with van der Waals surface area (Å²) in [5, 5.41) is 25.8. The van der Waals surface area contributed by atoms with Gasteiger partial charge in [0, 0.05) is 35.0 Å². The highest BCUT2D eigenvalue weighted by Gasteiger charge is 2.16. The van der Waals surface area contributed by atoms with E-state index in [1.807, 2.05) is 41.8 Å². The maximum atomic E-state index is 11.5. The molecule has 0 unspecified atom stereocenters. The number of aliphatic imine (C=N–C) groups is 1. The summed E-state index contributed by atoms with van der Waals surface area (Å²) in [6.07, 6.45) is 1.74. The third-order valence-corrected chi connectivity index (χ3v) is 5.58. The average Bonchev–Trinajstić information content (AvgIpc) is 3.32. The van der Waals surface area contributed by atoms with Crippen molar-refractivity contribution in [3.8, 4) is 17.0 Å². The monoisotopic (exact) mass is 474 g/mol. The predicted molar refractivity (Wildman–Crippen MR) is 131 cm³/mol. The van der Waals surface area contributed by atoms with Crippen LogP contribution in [-0.2, 0) is 0 Å². The number of nitrogens with one attached hydrogen (secondary N) is 1. The van der Waals surface area contributed by atoms with Gasteiger partial charge in [-0.2, -0.15) is 0 Å². The van der Waals surface area contributed by atoms with Crippen LogP contribution < -0.4 is 10.1 Å². The van der Waals surface area contributed by atoms with E-state index >= 15 is 0 Å². The van der Waals surface area contributed by atoms with Crippen molar-refractivity contribution in [3.63, 3.8) is 0 Å². The summed E-state index contributed by atoms with van der Waals surface area (Å²) in [7, 11) is 1.62. The Morgan fingerprint density at radius 3 is 2.53 bits per heavy atom. The van der Waals surface area contributed by atoms with Gasteiger partial charge in [0.2, 0.25) is 5.13 Å². The molecule has 9 nitrogen and oxygen atoms in total. The van der Waals surface area contributed by atoms with Crippen LogP contribution >= 0.6 is 11.3 Å². The van der Waals surface area contributed by atoms with Gasteiger partial charge in [-0.25, -0.2) is 14.8 Å². The molecule has 0 amide bonds. The molecule has 0 aliphatic carbocycles. The predicted octanol–water partition coefficient (Wildman–Crippen LogP) is 5.92. The van der Waals surface area contributed by atoms with E-state index in [1.165, 1.54) is 23.5 Å². The number of benzene rings is 3. The largest absolute Gasteiger partial charge is 0.497 e. The Morgan fingerprint density at radius 2 is 1.88 bits per heavy atom. The standard InChI is InChI=1S/C24H18N4O5S/c1-33-19-9-2-15(3-10-19)13-25-24-27-22(14-34-24)16-4-6-17(7-5-16)26-21-11-8-18(28(31)32)12-20(21)23(29)30/h2-14,26H,1H3,(H,29,30)/b25-13+. The Morgan fingerprint density at radius 1 is 1.15 bits per heavy atom. The Balaban J connectivity index is 1.47. The highest BCUT2D eigenvalue weighted by Crippen LogP contribution is 2.30. The van der Waals surface area contributed by atoms with Gasteiger partial charge < -0.3 is 15.2 Å². The Kier molecular flexibility index (Phi) is 6.60. The number of carboxylic acid groups (broad SMARTS) is 1. The third-order valence-electron chi connectivity index (χ3n) is 4.84. The van der Waals surface area contributed by atoms with Crippen LogP contribution in [0, 0.1) is 10.1 Å². The second-order valence-electron chi connectivity index (χ2n) is 7.04. The molecule has 1 heterocycles. The number of hydrogen-bond acceptors (Lipinski definition) is 8. The van der Waals surface area contributed by atoms with Gasteiger partial charge in [-0.3, -0.25) is 10.1 Å². The van der Waals surface area contributed by atoms with Crippen molar-refractivity contribution in [2.24, 2.45) is 4.99 Å². The van der Waals surface area contributed by atoms with Crippen LogP contribution in [-0.4, -0.2) is 34.3 Å². The van der Waals surface area contributed by atoms with Crippen molar-refractivity contribution < 1.29 is 19.6 Å². The zero-order valence-corrected chi connectivity index (χ0v) is 18.7. The number of thiazole rings is 1. The summed E-state index contributed by atoms with van der Waals surface area (Å²) in [4.78, 5) is 30.8. The summed E-state index contributed by atoms with van der Waals surface area (Å²) in [6, 6.07) is 18.5. The quantitative estimate of drug-likeness (QED) is 0.184. The number of rotatable bonds is 8. The van der Waals surface area contributed by atoms with Crippen molar-refractivity contribution in [1.82, 2.24) is 4.98 Å². The molecule has 0 spiro atoms. The summed E-state index contributed by atoms with van der Waals surface area (Å²) in [5.41, 5.74) is 2.99. The first kappa shape index (κ1) is 22.6. The lowest BCUT2D eigenvalue weighted by Gasteiger charge is -2.10. The molecule has 0 aliphatic rings. The number of hydrogen-bond donors (Lipinski definition) is 2. The Bertz CT molecular complexity index is 1370. The summed E-state index contributed by atoms with van der Waals surface area (Å²) >= 11 is 1.42. The topological polar surface area (TPSA) is 127 Å². The molecule has 0 radical (unpaired) electrons. The van der Waals surface area contributed by atoms with Gasteiger partial charge in [0.05, 0.1) is 29.0 Å². The number of carbonyl (C=O) groups is 1. The fourth-order valence-electron chi connectivity index (χ4n) is 3.09. The van der Waals surface area contributed by atoms with E-state index < -0.39 is 10.9 Å². The molecule has 0 saturated heterocycles. The lowest BCUT2D eigenvalue weighted by Crippen LogP contribution is -2.04. The molecule has 0 bridgehead atoms. The fourth-order valence-corrected chi connectivity index (χ4v) is 3.76. The number of methoxy groups -OCH3 is 1. The summed E-state index contributed by atoms with van der Waals surface area (Å²) in [6.45, 7) is 0. The molecule has 10 heteroatoms. The lowest BCUT2D eigenvalue weighted by molar-refractivity contribution is -0.384. The Hall–Kier alpha value is -4.57. The molecule has 0 aliphatic heterocycles. The van der Waals surface area contributed by atoms with E-state index in [0.29, 0.717) is 10.8 Å². The van der Waals surface area contributed by atoms with Crippen LogP contribution in [0.4, 0.5) is 22.2 Å². The van der Waals surface area contributed by atoms with Crippen molar-refractivity contribution in [2.45, 2.75) is 0 Å². The molecule has 0 fully saturated rings. The number of anilines is 2. The number of aromatic nitrogens is 1. The molecule has 2 N–H and O–H groups in total. The maximum absolute atomic E-state index is 11.5. The molecule has 4 rings (SSSR count). The highest BCUT2D eigenvalue weighted by atomic mass is 32.1. The second kappa shape index (κ2) is 9.92. The van der Waals surface area contributed by atoms with Crippen LogP contribution in [0.1, 0.15) is 15.9 Å². The van der Waals surface area contributed by atoms with Gasteiger partial charge in [-0.15, -0.1) is 11.3 Å². The normalized spacial score (nSPS) is 10.9. The van der Waals surface area contributed by atoms with E-state index in [0.717, 1.165) is 28.6 Å². The van der Waals surface area contributed by atoms with Gasteiger partial charge >= 0.3 is 5.97 Å². The van der Waals surface area contributed by atoms with Gasteiger partial charge in [0.15, 0.2) is 0 Å². The molecular weight excluding hydrogens is 456 g/mol. The van der Waals surface area contributed by atoms with Crippen molar-refractivity contribution in [3.05, 3.63) is 93.4 Å². The SMILES string of the molecule is COc1ccc(/C=N/c2nc(-c3ccc(Nc4ccc([N+](=O)[O-])cc4C(=O)O)cc3)cs2)cc1. The average molecular weight is 474 g/mol. The zero-order valence-electron chi connectivity index (χ0n) is 17.8. The third kappa shape index (κ3) is 5.25. The first-order chi connectivity index (χ1) is 16.4. The molecule has 34 heavy (non-hydrogen) atoms. The number of ether oxygens (including phenoxy) is 1. The summed E-state index contributed by atoms with van der Waals surface area (Å²) < 4.78 is 5.15. The van der Waals surface area contributed by atoms with E-state index in [9.17, 15) is 20.0 Å². The molecule has 0 atom stereocenters. The minimum absolute atomic E-state index is 0.183. The van der Waals surface area contributed by atoms with E-state index in [1.54, 1.807) is 25.5 Å². The lowest BCUT2D eigenvalue weighted by atomic mass is 10.1. The molecule has 170 valence electrons. The van der Waals surface area contributed by atoms with Crippen LogP contribution in [0.2, 0.25) is 0 Å². The second-order valence-corrected chi connectivity index (χ2v) is 7.88. The van der Waals surface area contributed by atoms with Crippen LogP contribution in [0.3, 0.4) is 0 Å². The number of carboxylic acids is 1. The first-order valence-electron chi connectivity index (χ1n) is 9.96. The molecule has 4 aromatic rings. The van der Waals surface area contributed by atoms with Gasteiger partial charge in [0.1, 0.15) is 5.75 Å². The first-order valence-corrected chi connectivity index (χ1v) is 10.8. The van der Waals surface area contributed by atoms with E-state index in [2.05, 4.69) is 15.3 Å². The smallest absolute Gasteiger partial charge is 0.338 e. The number of nitro groups is 1. The van der Waals surface area contributed by atoms with Crippen LogP contribution in [0.5, 0.6) is 5.75 Å². The van der Waals surface area contributed by atoms with Crippen molar-refractivity contribution in [1.29, 1.82) is 0 Å². The summed E-state index contributed by atoms with van der Waals surface area (Å²) in [5.74, 6) is -0.479. The number of non-ortho nitro benzene ring substituents is 1. The van der Waals surface area contributed by atoms with E-state index in [4.69, 9.17) is 4.74 Å². The van der Waals surface area contributed by atoms with E-state index in [-0.39, 0.29) is 16.9 Å². The van der Waals surface area contributed by atoms with Gasteiger partial charge in [0.25, 0.3) is 5.69 Å². The number of nitro benzene ring substituents is 1. The van der Waals surface area contributed by atoms with Crippen LogP contribution in [0.25, 0.3) is 11.3 Å². The van der Waals surface area contributed by atoms with Gasteiger partial charge in [-0.1, -0.05) is 12.1 Å².